The van der Waals surface area contributed by atoms with E-state index >= 15 is 0 Å². The molecule has 3 saturated heterocycles. The van der Waals surface area contributed by atoms with Crippen molar-refractivity contribution in [2.75, 3.05) is 39.9 Å². The summed E-state index contributed by atoms with van der Waals surface area (Å²) in [5, 5.41) is 3.54. The normalized spacial score (nSPS) is 25.8. The maximum atomic E-state index is 12.0. The number of benzene rings is 1. The van der Waals surface area contributed by atoms with E-state index in [9.17, 15) is 4.79 Å². The van der Waals surface area contributed by atoms with Crippen LogP contribution in [-0.2, 0) is 22.6 Å². The monoisotopic (exact) mass is 370 g/mol. The summed E-state index contributed by atoms with van der Waals surface area (Å²) in [5.74, 6) is 1.24. The van der Waals surface area contributed by atoms with Crippen molar-refractivity contribution in [2.45, 2.75) is 38.8 Å². The van der Waals surface area contributed by atoms with E-state index in [0.29, 0.717) is 18.4 Å². The maximum Gasteiger partial charge on any atom is 0.222 e. The largest absolute Gasteiger partial charge is 0.381 e. The fraction of sp³-hybridized carbons (Fsp3) is 0.619. The first kappa shape index (κ1) is 18.3. The first-order valence-electron chi connectivity index (χ1n) is 10.1. The molecule has 1 N–H and O–H groups in total. The highest BCUT2D eigenvalue weighted by Gasteiger charge is 2.42. The summed E-state index contributed by atoms with van der Waals surface area (Å²) in [6, 6.07) is 8.40. The van der Waals surface area contributed by atoms with Gasteiger partial charge < -0.3 is 19.9 Å². The fourth-order valence-corrected chi connectivity index (χ4v) is 4.55. The third kappa shape index (κ3) is 3.95. The first-order valence-corrected chi connectivity index (χ1v) is 10.1. The molecule has 1 aromatic carbocycles. The highest BCUT2D eigenvalue weighted by molar-refractivity contribution is 5.80. The summed E-state index contributed by atoms with van der Waals surface area (Å²) in [6.07, 6.45) is 4.01. The zero-order valence-corrected chi connectivity index (χ0v) is 16.2. The highest BCUT2D eigenvalue weighted by Crippen LogP contribution is 2.38. The molecule has 1 unspecified atom stereocenters. The Morgan fingerprint density at radius 3 is 2.81 bits per heavy atom. The minimum atomic E-state index is 0.273. The first-order chi connectivity index (χ1) is 13.2. The number of likely N-dealkylation sites (tertiary alicyclic amines) is 2. The van der Waals surface area contributed by atoms with Crippen LogP contribution in [0.1, 0.15) is 36.8 Å². The number of nitrogens with zero attached hydrogens (tertiary/aromatic N) is 3. The molecule has 6 heteroatoms. The fourth-order valence-electron chi connectivity index (χ4n) is 4.55. The molecule has 0 radical (unpaired) electrons. The molecule has 3 fully saturated rings. The van der Waals surface area contributed by atoms with Gasteiger partial charge in [0.15, 0.2) is 5.96 Å². The summed E-state index contributed by atoms with van der Waals surface area (Å²) < 4.78 is 5.64. The third-order valence-corrected chi connectivity index (χ3v) is 6.22. The molecule has 3 heterocycles. The summed E-state index contributed by atoms with van der Waals surface area (Å²) in [5.41, 5.74) is 2.78. The van der Waals surface area contributed by atoms with Crippen molar-refractivity contribution < 1.29 is 9.53 Å². The lowest BCUT2D eigenvalue weighted by atomic mass is 9.87. The molecule has 0 aromatic heterocycles. The van der Waals surface area contributed by atoms with Crippen LogP contribution < -0.4 is 5.32 Å². The van der Waals surface area contributed by atoms with Gasteiger partial charge in [-0.1, -0.05) is 24.3 Å². The Hall–Kier alpha value is -2.08. The van der Waals surface area contributed by atoms with Crippen LogP contribution in [0.4, 0.5) is 0 Å². The van der Waals surface area contributed by atoms with Crippen LogP contribution in [0.15, 0.2) is 29.3 Å². The van der Waals surface area contributed by atoms with Crippen molar-refractivity contribution in [1.82, 2.24) is 15.1 Å². The lowest BCUT2D eigenvalue weighted by Crippen LogP contribution is -2.41. The number of hydrogen-bond donors (Lipinski definition) is 1. The Labute approximate surface area is 161 Å². The van der Waals surface area contributed by atoms with Crippen molar-refractivity contribution >= 4 is 11.9 Å². The van der Waals surface area contributed by atoms with Crippen LogP contribution in [0.5, 0.6) is 0 Å². The summed E-state index contributed by atoms with van der Waals surface area (Å²) in [4.78, 5) is 20.8. The molecule has 6 nitrogen and oxygen atoms in total. The number of carbonyl (C=O) groups excluding carboxylic acids is 1. The molecule has 0 saturated carbocycles. The van der Waals surface area contributed by atoms with Gasteiger partial charge in [-0.25, -0.2) is 0 Å². The lowest BCUT2D eigenvalue weighted by Gasteiger charge is -2.25. The second-order valence-corrected chi connectivity index (χ2v) is 8.06. The summed E-state index contributed by atoms with van der Waals surface area (Å²) in [7, 11) is 1.85. The van der Waals surface area contributed by atoms with E-state index in [2.05, 4.69) is 39.5 Å². The van der Waals surface area contributed by atoms with Crippen molar-refractivity contribution in [1.29, 1.82) is 0 Å². The van der Waals surface area contributed by atoms with E-state index in [0.717, 1.165) is 58.2 Å². The maximum absolute atomic E-state index is 12.0. The Balaban J connectivity index is 1.38. The molecular formula is C21H30N4O2. The molecule has 27 heavy (non-hydrogen) atoms. The molecule has 1 aromatic rings. The predicted octanol–water partition coefficient (Wildman–Crippen LogP) is 2.00. The van der Waals surface area contributed by atoms with E-state index in [1.165, 1.54) is 17.5 Å². The number of amides is 1. The van der Waals surface area contributed by atoms with Gasteiger partial charge >= 0.3 is 0 Å². The summed E-state index contributed by atoms with van der Waals surface area (Å²) in [6.45, 7) is 6.14. The molecule has 1 amide bonds. The van der Waals surface area contributed by atoms with Crippen molar-refractivity contribution in [3.8, 4) is 0 Å². The second kappa shape index (κ2) is 7.89. The van der Waals surface area contributed by atoms with E-state index in [1.807, 2.05) is 11.9 Å². The molecule has 1 atom stereocenters. The number of rotatable bonds is 4. The molecule has 0 aliphatic carbocycles. The van der Waals surface area contributed by atoms with Crippen LogP contribution in [-0.4, -0.2) is 61.6 Å². The zero-order chi connectivity index (χ0) is 18.7. The molecule has 3 aliphatic heterocycles. The van der Waals surface area contributed by atoms with Gasteiger partial charge in [0, 0.05) is 58.2 Å². The van der Waals surface area contributed by atoms with Gasteiger partial charge in [0.25, 0.3) is 0 Å². The van der Waals surface area contributed by atoms with Crippen molar-refractivity contribution in [3.05, 3.63) is 35.4 Å². The van der Waals surface area contributed by atoms with Gasteiger partial charge in [-0.3, -0.25) is 9.79 Å². The Bertz CT molecular complexity index is 712. The summed E-state index contributed by atoms with van der Waals surface area (Å²) >= 11 is 0. The Morgan fingerprint density at radius 1 is 1.26 bits per heavy atom. The van der Waals surface area contributed by atoms with Crippen molar-refractivity contribution in [3.63, 3.8) is 0 Å². The highest BCUT2D eigenvalue weighted by atomic mass is 16.5. The number of guanidine groups is 1. The van der Waals surface area contributed by atoms with Gasteiger partial charge in [0.1, 0.15) is 0 Å². The van der Waals surface area contributed by atoms with Crippen LogP contribution in [0.25, 0.3) is 0 Å². The minimum absolute atomic E-state index is 0.273. The zero-order valence-electron chi connectivity index (χ0n) is 16.2. The van der Waals surface area contributed by atoms with Gasteiger partial charge in [0.2, 0.25) is 5.91 Å². The SMILES string of the molecule is CN=C(NCc1ccccc1CN1CCCC1=O)N1CCC2(CCOC2)C1. The number of hydrogen-bond acceptors (Lipinski definition) is 3. The second-order valence-electron chi connectivity index (χ2n) is 8.06. The van der Waals surface area contributed by atoms with Gasteiger partial charge in [0.05, 0.1) is 6.61 Å². The number of carbonyl (C=O) groups is 1. The van der Waals surface area contributed by atoms with E-state index < -0.39 is 0 Å². The minimum Gasteiger partial charge on any atom is -0.381 e. The third-order valence-electron chi connectivity index (χ3n) is 6.22. The molecule has 4 rings (SSSR count). The van der Waals surface area contributed by atoms with E-state index in [1.54, 1.807) is 0 Å². The topological polar surface area (TPSA) is 57.2 Å². The molecule has 146 valence electrons. The average molecular weight is 370 g/mol. The van der Waals surface area contributed by atoms with Gasteiger partial charge in [-0.2, -0.15) is 0 Å². The van der Waals surface area contributed by atoms with Crippen LogP contribution in [0, 0.1) is 5.41 Å². The Kier molecular flexibility index (Phi) is 5.34. The van der Waals surface area contributed by atoms with E-state index in [-0.39, 0.29) is 5.91 Å². The van der Waals surface area contributed by atoms with Gasteiger partial charge in [-0.05, 0) is 30.4 Å². The lowest BCUT2D eigenvalue weighted by molar-refractivity contribution is -0.128. The quantitative estimate of drug-likeness (QED) is 0.651. The molecule has 0 bridgehead atoms. The smallest absolute Gasteiger partial charge is 0.222 e. The van der Waals surface area contributed by atoms with E-state index in [4.69, 9.17) is 4.74 Å². The predicted molar refractivity (Wildman–Crippen MR) is 105 cm³/mol. The van der Waals surface area contributed by atoms with Crippen molar-refractivity contribution in [2.24, 2.45) is 10.4 Å². The van der Waals surface area contributed by atoms with Gasteiger partial charge in [-0.15, -0.1) is 0 Å². The van der Waals surface area contributed by atoms with Crippen LogP contribution >= 0.6 is 0 Å². The number of nitrogens with one attached hydrogen (secondary N) is 1. The average Bonchev–Trinajstić information content (AvgIpc) is 3.41. The van der Waals surface area contributed by atoms with Crippen LogP contribution in [0.2, 0.25) is 0 Å². The van der Waals surface area contributed by atoms with Crippen LogP contribution in [0.3, 0.4) is 0 Å². The molecule has 1 spiro atoms. The molecular weight excluding hydrogens is 340 g/mol. The number of ether oxygens (including phenoxy) is 1. The molecule has 3 aliphatic rings. The Morgan fingerprint density at radius 2 is 2.11 bits per heavy atom. The number of aliphatic imine (C=N–C) groups is 1. The standard InChI is InChI=1S/C21H30N4O2/c1-22-20(25-11-8-21(15-25)9-12-27-16-21)23-13-17-5-2-3-6-18(17)14-24-10-4-7-19(24)26/h2-3,5-6H,4,7-16H2,1H3,(H,22,23).